The summed E-state index contributed by atoms with van der Waals surface area (Å²) in [5.41, 5.74) is 1.11. The van der Waals surface area contributed by atoms with Crippen molar-refractivity contribution < 1.29 is 14.1 Å². The molecule has 1 aromatic rings. The summed E-state index contributed by atoms with van der Waals surface area (Å²) in [6, 6.07) is 7.78. The number of aryl methyl sites for hydroxylation is 1. The Kier molecular flexibility index (Phi) is 12.7. The van der Waals surface area contributed by atoms with Crippen LogP contribution in [0, 0.1) is 0 Å². The summed E-state index contributed by atoms with van der Waals surface area (Å²) in [5, 5.41) is 0. The van der Waals surface area contributed by atoms with Gasteiger partial charge >= 0.3 is 5.97 Å². The second kappa shape index (κ2) is 14.4. The third-order valence-corrected chi connectivity index (χ3v) is 4.36. The molecule has 1 unspecified atom stereocenters. The zero-order chi connectivity index (χ0) is 17.5. The average molecular weight is 352 g/mol. The zero-order valence-electron chi connectivity index (χ0n) is 15.1. The van der Waals surface area contributed by atoms with Gasteiger partial charge in [-0.3, -0.25) is 0 Å². The normalized spacial score (nSPS) is 10.8. The first-order chi connectivity index (χ1) is 11.8. The van der Waals surface area contributed by atoms with Crippen LogP contribution in [0.1, 0.15) is 76.7 Å². The molecule has 1 aromatic carbocycles. The molecule has 4 heteroatoms. The highest BCUT2D eigenvalue weighted by Crippen LogP contribution is 2.21. The van der Waals surface area contributed by atoms with Crippen LogP contribution in [0.25, 0.3) is 0 Å². The van der Waals surface area contributed by atoms with E-state index in [1.807, 2.05) is 24.3 Å². The molecule has 0 saturated heterocycles. The molecule has 136 valence electrons. The fourth-order valence-corrected chi connectivity index (χ4v) is 2.97. The highest BCUT2D eigenvalue weighted by molar-refractivity contribution is 7.09. The van der Waals surface area contributed by atoms with Gasteiger partial charge in [0.1, 0.15) is 12.4 Å². The quantitative estimate of drug-likeness (QED) is 0.182. The Hall–Kier alpha value is -0.920. The van der Waals surface area contributed by atoms with Crippen LogP contribution in [0.2, 0.25) is 0 Å². The number of carbonyl (C=O) groups is 1. The van der Waals surface area contributed by atoms with Crippen molar-refractivity contribution in [3.05, 3.63) is 29.8 Å². The number of hydrogen-bond acceptors (Lipinski definition) is 3. The fourth-order valence-electron chi connectivity index (χ4n) is 2.83. The molecule has 0 bridgehead atoms. The summed E-state index contributed by atoms with van der Waals surface area (Å²) in [7, 11) is 2.06. The lowest BCUT2D eigenvalue weighted by molar-refractivity contribution is -0.136. The van der Waals surface area contributed by atoms with Gasteiger partial charge in [0.15, 0.2) is 0 Å². The Bertz CT molecular complexity index is 448. The summed E-state index contributed by atoms with van der Waals surface area (Å²) in [4.78, 5) is 11.5. The van der Waals surface area contributed by atoms with Crippen LogP contribution in [0.5, 0.6) is 5.75 Å². The minimum Gasteiger partial charge on any atom is -0.425 e. The summed E-state index contributed by atoms with van der Waals surface area (Å²) in [6.07, 6.45) is 14.2. The Morgan fingerprint density at radius 2 is 1.50 bits per heavy atom. The van der Waals surface area contributed by atoms with E-state index in [0.29, 0.717) is 5.75 Å². The lowest BCUT2D eigenvalue weighted by Gasteiger charge is -2.09. The van der Waals surface area contributed by atoms with Crippen LogP contribution in [-0.4, -0.2) is 12.6 Å². The molecule has 24 heavy (non-hydrogen) atoms. The molecule has 0 aliphatic rings. The average Bonchev–Trinajstić information content (AvgIpc) is 2.58. The minimum absolute atomic E-state index is 0.0444. The van der Waals surface area contributed by atoms with Gasteiger partial charge < -0.3 is 9.26 Å². The molecule has 0 saturated carbocycles. The number of rotatable bonds is 14. The summed E-state index contributed by atoms with van der Waals surface area (Å²) in [5.74, 6) is 0.306. The van der Waals surface area contributed by atoms with E-state index in [2.05, 4.69) is 16.4 Å². The molecular weight excluding hydrogens is 319 g/mol. The number of carbonyl (C=O) groups excluding carboxylic acids is 1. The van der Waals surface area contributed by atoms with Crippen LogP contribution < -0.4 is 4.74 Å². The molecule has 1 rings (SSSR count). The van der Waals surface area contributed by atoms with Crippen LogP contribution in [0.4, 0.5) is 0 Å². The van der Waals surface area contributed by atoms with E-state index < -0.39 is 0 Å². The van der Waals surface area contributed by atoms with E-state index in [4.69, 9.17) is 9.26 Å². The van der Waals surface area contributed by atoms with E-state index in [1.165, 1.54) is 57.8 Å². The van der Waals surface area contributed by atoms with Gasteiger partial charge in [0.2, 0.25) is 0 Å². The minimum atomic E-state index is -0.361. The Morgan fingerprint density at radius 3 is 2.12 bits per heavy atom. The summed E-state index contributed by atoms with van der Waals surface area (Å²) >= 11 is 0. The van der Waals surface area contributed by atoms with Crippen LogP contribution in [-0.2, 0) is 15.7 Å². The second-order valence-corrected chi connectivity index (χ2v) is 6.66. The maximum absolute atomic E-state index is 11.5. The first-order valence-electron chi connectivity index (χ1n) is 9.38. The SMILES string of the molecule is CCCCCCCCCCCCc1ccccc1OC(=O)COP. The van der Waals surface area contributed by atoms with Crippen molar-refractivity contribution in [3.8, 4) is 5.75 Å². The first kappa shape index (κ1) is 21.1. The smallest absolute Gasteiger partial charge is 0.337 e. The molecule has 0 N–H and O–H groups in total. The van der Waals surface area contributed by atoms with Gasteiger partial charge in [0, 0.05) is 9.47 Å². The van der Waals surface area contributed by atoms with Gasteiger partial charge in [-0.25, -0.2) is 4.79 Å². The molecule has 0 fully saturated rings. The van der Waals surface area contributed by atoms with Gasteiger partial charge in [0.25, 0.3) is 0 Å². The molecule has 1 atom stereocenters. The van der Waals surface area contributed by atoms with Crippen LogP contribution >= 0.6 is 9.47 Å². The number of para-hydroxylation sites is 1. The standard InChI is InChI=1S/C20H33O3P/c1-2-3-4-5-6-7-8-9-10-11-14-18-15-12-13-16-19(18)23-20(21)17-22-24/h12-13,15-16H,2-11,14,17,24H2,1H3. The zero-order valence-corrected chi connectivity index (χ0v) is 16.3. The van der Waals surface area contributed by atoms with Gasteiger partial charge in [0.05, 0.1) is 0 Å². The summed E-state index contributed by atoms with van der Waals surface area (Å²) < 4.78 is 10.1. The number of benzene rings is 1. The van der Waals surface area contributed by atoms with Gasteiger partial charge in [-0.05, 0) is 24.5 Å². The molecule has 3 nitrogen and oxygen atoms in total. The maximum Gasteiger partial charge on any atom is 0.337 e. The van der Waals surface area contributed by atoms with Gasteiger partial charge in [-0.2, -0.15) is 0 Å². The Labute approximate surface area is 149 Å². The van der Waals surface area contributed by atoms with Crippen molar-refractivity contribution in [2.24, 2.45) is 0 Å². The molecule has 0 amide bonds. The first-order valence-corrected chi connectivity index (χ1v) is 9.85. The van der Waals surface area contributed by atoms with Gasteiger partial charge in [-0.15, -0.1) is 0 Å². The predicted octanol–water partition coefficient (Wildman–Crippen LogP) is 5.86. The molecule has 0 radical (unpaired) electrons. The molecule has 0 aliphatic heterocycles. The van der Waals surface area contributed by atoms with Crippen molar-refractivity contribution in [2.75, 3.05) is 6.61 Å². The highest BCUT2D eigenvalue weighted by atomic mass is 31.0. The number of unbranched alkanes of at least 4 members (excludes halogenated alkanes) is 9. The van der Waals surface area contributed by atoms with Gasteiger partial charge in [-0.1, -0.05) is 82.9 Å². The Balaban J connectivity index is 2.15. The second-order valence-electron chi connectivity index (χ2n) is 6.32. The van der Waals surface area contributed by atoms with E-state index in [9.17, 15) is 4.79 Å². The van der Waals surface area contributed by atoms with Crippen molar-refractivity contribution in [1.29, 1.82) is 0 Å². The topological polar surface area (TPSA) is 35.5 Å². The lowest BCUT2D eigenvalue weighted by Crippen LogP contribution is -2.13. The predicted molar refractivity (Wildman–Crippen MR) is 103 cm³/mol. The van der Waals surface area contributed by atoms with E-state index >= 15 is 0 Å². The highest BCUT2D eigenvalue weighted by Gasteiger charge is 2.08. The maximum atomic E-state index is 11.5. The van der Waals surface area contributed by atoms with E-state index in [-0.39, 0.29) is 12.6 Å². The van der Waals surface area contributed by atoms with E-state index in [0.717, 1.165) is 18.4 Å². The monoisotopic (exact) mass is 352 g/mol. The Morgan fingerprint density at radius 1 is 0.917 bits per heavy atom. The molecule has 0 spiro atoms. The summed E-state index contributed by atoms with van der Waals surface area (Å²) in [6.45, 7) is 2.22. The van der Waals surface area contributed by atoms with E-state index in [1.54, 1.807) is 0 Å². The fraction of sp³-hybridized carbons (Fsp3) is 0.650. The molecule has 0 aromatic heterocycles. The lowest BCUT2D eigenvalue weighted by atomic mass is 10.0. The van der Waals surface area contributed by atoms with Crippen molar-refractivity contribution in [2.45, 2.75) is 77.6 Å². The van der Waals surface area contributed by atoms with Crippen molar-refractivity contribution in [3.63, 3.8) is 0 Å². The van der Waals surface area contributed by atoms with Crippen LogP contribution in [0.15, 0.2) is 24.3 Å². The van der Waals surface area contributed by atoms with Crippen molar-refractivity contribution >= 4 is 15.4 Å². The number of esters is 1. The number of ether oxygens (including phenoxy) is 1. The molecular formula is C20H33O3P. The van der Waals surface area contributed by atoms with Crippen LogP contribution in [0.3, 0.4) is 0 Å². The largest absolute Gasteiger partial charge is 0.425 e. The third-order valence-electron chi connectivity index (χ3n) is 4.20. The third kappa shape index (κ3) is 10.1. The molecule has 0 heterocycles. The molecule has 0 aliphatic carbocycles. The van der Waals surface area contributed by atoms with Crippen molar-refractivity contribution in [1.82, 2.24) is 0 Å². The number of hydrogen-bond donors (Lipinski definition) is 0.